The average molecular weight is 468 g/mol. The normalized spacial score (nSPS) is 11.5. The number of nitriles is 1. The second kappa shape index (κ2) is 10.8. The number of fused-ring (bicyclic) bond motifs is 1. The summed E-state index contributed by atoms with van der Waals surface area (Å²) in [7, 11) is 6.51. The molecule has 4 rings (SSSR count). The van der Waals surface area contributed by atoms with Crippen LogP contribution in [0.25, 0.3) is 10.8 Å². The SMILES string of the molecule is COc1ccc2c(C(CCc3cc(OC)c(OC)c(OC)c3)c3ccccc3)c(C#N)ccc2c1. The molecule has 5 nitrogen and oxygen atoms in total. The van der Waals surface area contributed by atoms with Gasteiger partial charge in [0.25, 0.3) is 0 Å². The highest BCUT2D eigenvalue weighted by Gasteiger charge is 2.22. The van der Waals surface area contributed by atoms with Crippen LogP contribution in [0.4, 0.5) is 0 Å². The van der Waals surface area contributed by atoms with Gasteiger partial charge in [-0.15, -0.1) is 0 Å². The Labute approximate surface area is 206 Å². The summed E-state index contributed by atoms with van der Waals surface area (Å²) in [6.45, 7) is 0. The molecule has 0 aliphatic rings. The molecule has 0 radical (unpaired) electrons. The first-order valence-electron chi connectivity index (χ1n) is 11.5. The molecule has 0 aliphatic heterocycles. The van der Waals surface area contributed by atoms with Gasteiger partial charge in [0, 0.05) is 5.92 Å². The molecule has 0 amide bonds. The van der Waals surface area contributed by atoms with Crippen molar-refractivity contribution in [3.05, 3.63) is 95.1 Å². The lowest BCUT2D eigenvalue weighted by Gasteiger charge is -2.22. The summed E-state index contributed by atoms with van der Waals surface area (Å²) in [6, 6.07) is 26.7. The molecule has 1 unspecified atom stereocenters. The maximum absolute atomic E-state index is 10.0. The average Bonchev–Trinajstić information content (AvgIpc) is 2.92. The molecule has 0 N–H and O–H groups in total. The summed E-state index contributed by atoms with van der Waals surface area (Å²) in [5, 5.41) is 12.1. The Morgan fingerprint density at radius 3 is 2.09 bits per heavy atom. The Bertz CT molecular complexity index is 1330. The van der Waals surface area contributed by atoms with Crippen LogP contribution in [0.2, 0.25) is 0 Å². The number of benzene rings is 4. The van der Waals surface area contributed by atoms with E-state index in [0.717, 1.165) is 40.5 Å². The van der Waals surface area contributed by atoms with Crippen molar-refractivity contribution in [3.8, 4) is 29.1 Å². The van der Waals surface area contributed by atoms with Crippen molar-refractivity contribution in [2.24, 2.45) is 0 Å². The van der Waals surface area contributed by atoms with Crippen molar-refractivity contribution < 1.29 is 18.9 Å². The second-order valence-electron chi connectivity index (χ2n) is 8.26. The highest BCUT2D eigenvalue weighted by atomic mass is 16.5. The van der Waals surface area contributed by atoms with E-state index < -0.39 is 0 Å². The van der Waals surface area contributed by atoms with E-state index in [1.165, 1.54) is 5.56 Å². The van der Waals surface area contributed by atoms with Gasteiger partial charge in [-0.2, -0.15) is 5.26 Å². The Balaban J connectivity index is 1.81. The molecule has 4 aromatic rings. The fourth-order valence-electron chi connectivity index (χ4n) is 4.69. The maximum atomic E-state index is 10.0. The lowest BCUT2D eigenvalue weighted by atomic mass is 9.81. The molecule has 5 heteroatoms. The zero-order chi connectivity index (χ0) is 24.8. The minimum atomic E-state index is 0.0158. The molecule has 4 aromatic carbocycles. The van der Waals surface area contributed by atoms with Gasteiger partial charge in [-0.05, 0) is 70.6 Å². The van der Waals surface area contributed by atoms with Gasteiger partial charge in [-0.1, -0.05) is 42.5 Å². The Hall–Kier alpha value is -4.17. The molecule has 1 atom stereocenters. The van der Waals surface area contributed by atoms with Crippen LogP contribution in [0, 0.1) is 11.3 Å². The van der Waals surface area contributed by atoms with Crippen molar-refractivity contribution in [1.82, 2.24) is 0 Å². The van der Waals surface area contributed by atoms with Crippen LogP contribution in [0.5, 0.6) is 23.0 Å². The number of methoxy groups -OCH3 is 4. The predicted molar refractivity (Wildman–Crippen MR) is 138 cm³/mol. The van der Waals surface area contributed by atoms with E-state index in [2.05, 4.69) is 24.3 Å². The zero-order valence-electron chi connectivity index (χ0n) is 20.5. The molecule has 0 aliphatic carbocycles. The van der Waals surface area contributed by atoms with Crippen molar-refractivity contribution in [1.29, 1.82) is 5.26 Å². The number of hydrogen-bond acceptors (Lipinski definition) is 5. The van der Waals surface area contributed by atoms with E-state index >= 15 is 0 Å². The number of nitrogens with zero attached hydrogens (tertiary/aromatic N) is 1. The third-order valence-corrected chi connectivity index (χ3v) is 6.39. The largest absolute Gasteiger partial charge is 0.497 e. The quantitative estimate of drug-likeness (QED) is 0.281. The fourth-order valence-corrected chi connectivity index (χ4v) is 4.69. The van der Waals surface area contributed by atoms with Crippen LogP contribution in [-0.2, 0) is 6.42 Å². The number of rotatable bonds is 9. The van der Waals surface area contributed by atoms with E-state index in [9.17, 15) is 5.26 Å². The third kappa shape index (κ3) is 4.88. The van der Waals surface area contributed by atoms with E-state index in [1.807, 2.05) is 54.6 Å². The van der Waals surface area contributed by atoms with E-state index in [1.54, 1.807) is 28.4 Å². The van der Waals surface area contributed by atoms with Crippen LogP contribution in [-0.4, -0.2) is 28.4 Å². The first-order chi connectivity index (χ1) is 17.1. The maximum Gasteiger partial charge on any atom is 0.203 e. The van der Waals surface area contributed by atoms with Crippen LogP contribution in [0.15, 0.2) is 72.8 Å². The van der Waals surface area contributed by atoms with Crippen LogP contribution < -0.4 is 18.9 Å². The number of hydrogen-bond donors (Lipinski definition) is 0. The minimum absolute atomic E-state index is 0.0158. The summed E-state index contributed by atoms with van der Waals surface area (Å²) in [4.78, 5) is 0. The molecule has 0 fully saturated rings. The highest BCUT2D eigenvalue weighted by Crippen LogP contribution is 2.41. The smallest absolute Gasteiger partial charge is 0.203 e. The van der Waals surface area contributed by atoms with Crippen LogP contribution >= 0.6 is 0 Å². The highest BCUT2D eigenvalue weighted by molar-refractivity contribution is 5.89. The molecular weight excluding hydrogens is 438 g/mol. The van der Waals surface area contributed by atoms with Gasteiger partial charge < -0.3 is 18.9 Å². The van der Waals surface area contributed by atoms with Gasteiger partial charge in [0.2, 0.25) is 5.75 Å². The molecule has 178 valence electrons. The molecule has 0 heterocycles. The van der Waals surface area contributed by atoms with Gasteiger partial charge in [0.15, 0.2) is 11.5 Å². The number of aryl methyl sites for hydroxylation is 1. The Kier molecular flexibility index (Phi) is 7.42. The van der Waals surface area contributed by atoms with Gasteiger partial charge in [-0.3, -0.25) is 0 Å². The molecule has 35 heavy (non-hydrogen) atoms. The summed E-state index contributed by atoms with van der Waals surface area (Å²) < 4.78 is 22.0. The lowest BCUT2D eigenvalue weighted by Crippen LogP contribution is -2.07. The summed E-state index contributed by atoms with van der Waals surface area (Å²) in [6.07, 6.45) is 1.55. The fraction of sp³-hybridized carbons (Fsp3) is 0.233. The minimum Gasteiger partial charge on any atom is -0.497 e. The Morgan fingerprint density at radius 2 is 1.49 bits per heavy atom. The van der Waals surface area contributed by atoms with Gasteiger partial charge >= 0.3 is 0 Å². The van der Waals surface area contributed by atoms with Crippen molar-refractivity contribution in [2.75, 3.05) is 28.4 Å². The molecule has 0 saturated heterocycles. The summed E-state index contributed by atoms with van der Waals surface area (Å²) in [5.41, 5.74) is 3.95. The van der Waals surface area contributed by atoms with Gasteiger partial charge in [0.05, 0.1) is 40.1 Å². The lowest BCUT2D eigenvalue weighted by molar-refractivity contribution is 0.323. The molecule has 0 aromatic heterocycles. The molecule has 0 saturated carbocycles. The van der Waals surface area contributed by atoms with Gasteiger partial charge in [-0.25, -0.2) is 0 Å². The molecular formula is C30H29NO4. The topological polar surface area (TPSA) is 60.7 Å². The predicted octanol–water partition coefficient (Wildman–Crippen LogP) is 6.51. The van der Waals surface area contributed by atoms with Crippen LogP contribution in [0.3, 0.4) is 0 Å². The van der Waals surface area contributed by atoms with Gasteiger partial charge in [0.1, 0.15) is 5.75 Å². The number of ether oxygens (including phenoxy) is 4. The van der Waals surface area contributed by atoms with Crippen molar-refractivity contribution in [3.63, 3.8) is 0 Å². The first-order valence-corrected chi connectivity index (χ1v) is 11.5. The monoisotopic (exact) mass is 467 g/mol. The third-order valence-electron chi connectivity index (χ3n) is 6.39. The summed E-state index contributed by atoms with van der Waals surface area (Å²) in [5.74, 6) is 2.65. The zero-order valence-corrected chi connectivity index (χ0v) is 20.5. The molecule has 0 spiro atoms. The summed E-state index contributed by atoms with van der Waals surface area (Å²) >= 11 is 0. The molecule has 0 bridgehead atoms. The van der Waals surface area contributed by atoms with E-state index in [0.29, 0.717) is 22.8 Å². The van der Waals surface area contributed by atoms with E-state index in [-0.39, 0.29) is 5.92 Å². The second-order valence-corrected chi connectivity index (χ2v) is 8.26. The standard InChI is InChI=1S/C30H29NO4/c1-32-24-13-15-26-22(18-24)11-12-23(19-31)29(26)25(21-8-6-5-7-9-21)14-10-20-16-27(33-2)30(35-4)28(17-20)34-3/h5-9,11-13,15-18,25H,10,14H2,1-4H3. The van der Waals surface area contributed by atoms with Crippen molar-refractivity contribution in [2.45, 2.75) is 18.8 Å². The Morgan fingerprint density at radius 1 is 0.771 bits per heavy atom. The van der Waals surface area contributed by atoms with E-state index in [4.69, 9.17) is 18.9 Å². The first kappa shape index (κ1) is 24.0. The van der Waals surface area contributed by atoms with Crippen molar-refractivity contribution >= 4 is 10.8 Å². The van der Waals surface area contributed by atoms with Crippen LogP contribution in [0.1, 0.15) is 34.6 Å².